The molecule has 0 heterocycles. The molecule has 0 spiro atoms. The number of benzene rings is 2. The van der Waals surface area contributed by atoms with Gasteiger partial charge in [-0.1, -0.05) is 61.5 Å². The van der Waals surface area contributed by atoms with E-state index in [9.17, 15) is 4.79 Å². The Hall–Kier alpha value is -1.93. The summed E-state index contributed by atoms with van der Waals surface area (Å²) in [4.78, 5) is 14.6. The van der Waals surface area contributed by atoms with E-state index in [2.05, 4.69) is 43.1 Å². The van der Waals surface area contributed by atoms with Crippen LogP contribution in [0, 0.1) is 12.8 Å². The summed E-state index contributed by atoms with van der Waals surface area (Å²) in [6.07, 6.45) is 0. The highest BCUT2D eigenvalue weighted by molar-refractivity contribution is 5.97. The fourth-order valence-corrected chi connectivity index (χ4v) is 2.58. The standard InChI is InChI=1S/C19H23NO/c1-15-9-7-8-12-18(15)14-20(3)13-16(2)19(21)17-10-5-4-6-11-17/h4-12,16H,13-14H2,1-3H3. The van der Waals surface area contributed by atoms with E-state index in [0.29, 0.717) is 0 Å². The highest BCUT2D eigenvalue weighted by Gasteiger charge is 2.17. The van der Waals surface area contributed by atoms with Crippen molar-refractivity contribution in [2.45, 2.75) is 20.4 Å². The lowest BCUT2D eigenvalue weighted by Gasteiger charge is -2.21. The zero-order valence-electron chi connectivity index (χ0n) is 13.0. The van der Waals surface area contributed by atoms with E-state index in [1.807, 2.05) is 37.3 Å². The van der Waals surface area contributed by atoms with Crippen LogP contribution < -0.4 is 0 Å². The quantitative estimate of drug-likeness (QED) is 0.747. The predicted octanol–water partition coefficient (Wildman–Crippen LogP) is 3.95. The average molecular weight is 281 g/mol. The second kappa shape index (κ2) is 7.19. The van der Waals surface area contributed by atoms with Gasteiger partial charge in [-0.3, -0.25) is 4.79 Å². The molecule has 0 aromatic heterocycles. The molecular weight excluding hydrogens is 258 g/mol. The second-order valence-corrected chi connectivity index (χ2v) is 5.75. The third-order valence-electron chi connectivity index (χ3n) is 3.79. The molecule has 0 N–H and O–H groups in total. The fourth-order valence-electron chi connectivity index (χ4n) is 2.58. The monoisotopic (exact) mass is 281 g/mol. The molecule has 0 saturated carbocycles. The van der Waals surface area contributed by atoms with Crippen LogP contribution in [0.3, 0.4) is 0 Å². The molecule has 0 aliphatic carbocycles. The van der Waals surface area contributed by atoms with Crippen molar-refractivity contribution in [3.63, 3.8) is 0 Å². The summed E-state index contributed by atoms with van der Waals surface area (Å²) in [6, 6.07) is 17.9. The number of carbonyl (C=O) groups excluding carboxylic acids is 1. The Morgan fingerprint density at radius 2 is 1.67 bits per heavy atom. The van der Waals surface area contributed by atoms with Gasteiger partial charge in [-0.05, 0) is 25.1 Å². The first kappa shape index (κ1) is 15.5. The van der Waals surface area contributed by atoms with Crippen LogP contribution in [0.2, 0.25) is 0 Å². The predicted molar refractivity (Wildman–Crippen MR) is 87.4 cm³/mol. The molecular formula is C19H23NO. The SMILES string of the molecule is Cc1ccccc1CN(C)CC(C)C(=O)c1ccccc1. The topological polar surface area (TPSA) is 20.3 Å². The molecule has 2 aromatic carbocycles. The molecule has 2 nitrogen and oxygen atoms in total. The Balaban J connectivity index is 1.95. The first-order valence-electron chi connectivity index (χ1n) is 7.40. The van der Waals surface area contributed by atoms with Gasteiger partial charge in [-0.2, -0.15) is 0 Å². The van der Waals surface area contributed by atoms with Gasteiger partial charge in [0.15, 0.2) is 5.78 Å². The molecule has 2 rings (SSSR count). The summed E-state index contributed by atoms with van der Waals surface area (Å²) in [5.41, 5.74) is 3.42. The maximum atomic E-state index is 12.4. The molecule has 1 unspecified atom stereocenters. The lowest BCUT2D eigenvalue weighted by molar-refractivity contribution is 0.0901. The molecule has 2 aromatic rings. The number of rotatable bonds is 6. The lowest BCUT2D eigenvalue weighted by atomic mass is 9.98. The summed E-state index contributed by atoms with van der Waals surface area (Å²) < 4.78 is 0. The summed E-state index contributed by atoms with van der Waals surface area (Å²) in [5.74, 6) is 0.216. The number of nitrogens with zero attached hydrogens (tertiary/aromatic N) is 1. The van der Waals surface area contributed by atoms with Crippen molar-refractivity contribution in [2.24, 2.45) is 5.92 Å². The highest BCUT2D eigenvalue weighted by atomic mass is 16.1. The molecule has 0 radical (unpaired) electrons. The zero-order chi connectivity index (χ0) is 15.2. The maximum Gasteiger partial charge on any atom is 0.166 e. The van der Waals surface area contributed by atoms with Crippen molar-refractivity contribution >= 4 is 5.78 Å². The van der Waals surface area contributed by atoms with E-state index in [1.54, 1.807) is 0 Å². The molecule has 0 bridgehead atoms. The number of aryl methyl sites for hydroxylation is 1. The Morgan fingerprint density at radius 1 is 1.05 bits per heavy atom. The first-order valence-corrected chi connectivity index (χ1v) is 7.40. The Kier molecular flexibility index (Phi) is 5.29. The van der Waals surface area contributed by atoms with Crippen LogP contribution in [-0.4, -0.2) is 24.3 Å². The maximum absolute atomic E-state index is 12.4. The van der Waals surface area contributed by atoms with Crippen LogP contribution in [0.1, 0.15) is 28.4 Å². The van der Waals surface area contributed by atoms with Crippen LogP contribution in [0.25, 0.3) is 0 Å². The van der Waals surface area contributed by atoms with Gasteiger partial charge >= 0.3 is 0 Å². The van der Waals surface area contributed by atoms with Gasteiger partial charge in [-0.25, -0.2) is 0 Å². The van der Waals surface area contributed by atoms with E-state index in [0.717, 1.165) is 18.7 Å². The fraction of sp³-hybridized carbons (Fsp3) is 0.316. The Bertz CT molecular complexity index is 592. The summed E-state index contributed by atoms with van der Waals surface area (Å²) in [7, 11) is 2.07. The highest BCUT2D eigenvalue weighted by Crippen LogP contribution is 2.13. The molecule has 110 valence electrons. The van der Waals surface area contributed by atoms with Crippen LogP contribution in [0.5, 0.6) is 0 Å². The Morgan fingerprint density at radius 3 is 2.33 bits per heavy atom. The van der Waals surface area contributed by atoms with Crippen molar-refractivity contribution in [2.75, 3.05) is 13.6 Å². The minimum atomic E-state index is 0.00131. The van der Waals surface area contributed by atoms with E-state index in [1.165, 1.54) is 11.1 Å². The minimum Gasteiger partial charge on any atom is -0.301 e. The molecule has 0 saturated heterocycles. The molecule has 0 fully saturated rings. The van der Waals surface area contributed by atoms with Crippen molar-refractivity contribution in [1.82, 2.24) is 4.90 Å². The van der Waals surface area contributed by atoms with Gasteiger partial charge < -0.3 is 4.90 Å². The van der Waals surface area contributed by atoms with Gasteiger partial charge in [-0.15, -0.1) is 0 Å². The van der Waals surface area contributed by atoms with Gasteiger partial charge in [0.1, 0.15) is 0 Å². The van der Waals surface area contributed by atoms with Gasteiger partial charge in [0.2, 0.25) is 0 Å². The third kappa shape index (κ3) is 4.27. The van der Waals surface area contributed by atoms with Gasteiger partial charge in [0.25, 0.3) is 0 Å². The molecule has 21 heavy (non-hydrogen) atoms. The van der Waals surface area contributed by atoms with Crippen molar-refractivity contribution in [3.8, 4) is 0 Å². The van der Waals surface area contributed by atoms with Crippen LogP contribution in [0.15, 0.2) is 54.6 Å². The number of hydrogen-bond donors (Lipinski definition) is 0. The summed E-state index contributed by atoms with van der Waals surface area (Å²) in [6.45, 7) is 5.77. The molecule has 0 amide bonds. The number of Topliss-reactive ketones (excluding diaryl/α,β-unsaturated/α-hetero) is 1. The van der Waals surface area contributed by atoms with Crippen molar-refractivity contribution in [1.29, 1.82) is 0 Å². The molecule has 0 aliphatic rings. The van der Waals surface area contributed by atoms with Gasteiger partial charge in [0, 0.05) is 24.6 Å². The smallest absolute Gasteiger partial charge is 0.166 e. The number of ketones is 1. The largest absolute Gasteiger partial charge is 0.301 e. The molecule has 0 aliphatic heterocycles. The van der Waals surface area contributed by atoms with E-state index in [4.69, 9.17) is 0 Å². The van der Waals surface area contributed by atoms with E-state index in [-0.39, 0.29) is 11.7 Å². The average Bonchev–Trinajstić information content (AvgIpc) is 2.49. The summed E-state index contributed by atoms with van der Waals surface area (Å²) in [5, 5.41) is 0. The molecule has 2 heteroatoms. The van der Waals surface area contributed by atoms with Crippen LogP contribution >= 0.6 is 0 Å². The first-order chi connectivity index (χ1) is 10.1. The summed E-state index contributed by atoms with van der Waals surface area (Å²) >= 11 is 0. The lowest BCUT2D eigenvalue weighted by Crippen LogP contribution is -2.28. The second-order valence-electron chi connectivity index (χ2n) is 5.75. The van der Waals surface area contributed by atoms with E-state index < -0.39 is 0 Å². The molecule has 1 atom stereocenters. The number of carbonyl (C=O) groups is 1. The van der Waals surface area contributed by atoms with E-state index >= 15 is 0 Å². The zero-order valence-corrected chi connectivity index (χ0v) is 13.0. The minimum absolute atomic E-state index is 0.00131. The number of hydrogen-bond acceptors (Lipinski definition) is 2. The van der Waals surface area contributed by atoms with Crippen LogP contribution in [-0.2, 0) is 6.54 Å². The normalized spacial score (nSPS) is 12.4. The van der Waals surface area contributed by atoms with Crippen molar-refractivity contribution in [3.05, 3.63) is 71.3 Å². The van der Waals surface area contributed by atoms with Gasteiger partial charge in [0.05, 0.1) is 0 Å². The van der Waals surface area contributed by atoms with Crippen LogP contribution in [0.4, 0.5) is 0 Å². The van der Waals surface area contributed by atoms with Crippen molar-refractivity contribution < 1.29 is 4.79 Å². The third-order valence-corrected chi connectivity index (χ3v) is 3.79. The Labute approximate surface area is 127 Å².